The van der Waals surface area contributed by atoms with Gasteiger partial charge in [-0.2, -0.15) is 0 Å². The van der Waals surface area contributed by atoms with Crippen LogP contribution in [0.1, 0.15) is 22.9 Å². The van der Waals surface area contributed by atoms with E-state index in [4.69, 9.17) is 4.74 Å². The molecule has 1 atom stereocenters. The van der Waals surface area contributed by atoms with Gasteiger partial charge in [-0.25, -0.2) is 4.79 Å². The highest BCUT2D eigenvalue weighted by atomic mass is 79.9. The van der Waals surface area contributed by atoms with Crippen molar-refractivity contribution in [3.63, 3.8) is 0 Å². The first-order valence-electron chi connectivity index (χ1n) is 7.41. The average Bonchev–Trinajstić information content (AvgIpc) is 2.97. The Morgan fingerprint density at radius 2 is 1.96 bits per heavy atom. The molecule has 24 heavy (non-hydrogen) atoms. The number of esters is 1. The molecule has 0 spiro atoms. The fourth-order valence-electron chi connectivity index (χ4n) is 1.87. The lowest BCUT2D eigenvalue weighted by atomic mass is 10.1. The third-order valence-electron chi connectivity index (χ3n) is 3.23. The van der Waals surface area contributed by atoms with Crippen LogP contribution in [0.3, 0.4) is 0 Å². The third kappa shape index (κ3) is 5.94. The maximum Gasteiger partial charge on any atom is 0.331 e. The minimum atomic E-state index is -0.845. The predicted octanol–water partition coefficient (Wildman–Crippen LogP) is 4.08. The second-order valence-corrected chi connectivity index (χ2v) is 7.75. The van der Waals surface area contributed by atoms with Crippen LogP contribution in [-0.2, 0) is 20.9 Å². The van der Waals surface area contributed by atoms with Crippen LogP contribution in [0.15, 0.2) is 46.3 Å². The predicted molar refractivity (Wildman–Crippen MR) is 99.6 cm³/mol. The van der Waals surface area contributed by atoms with Crippen LogP contribution >= 0.6 is 27.3 Å². The molecule has 0 aliphatic carbocycles. The number of rotatable bonds is 6. The first-order valence-corrected chi connectivity index (χ1v) is 9.02. The third-order valence-corrected chi connectivity index (χ3v) is 4.82. The molecule has 0 fully saturated rings. The smallest absolute Gasteiger partial charge is 0.331 e. The van der Waals surface area contributed by atoms with Crippen LogP contribution in [-0.4, -0.2) is 18.0 Å². The van der Waals surface area contributed by atoms with E-state index in [0.29, 0.717) is 6.54 Å². The van der Waals surface area contributed by atoms with Crippen molar-refractivity contribution in [3.8, 4) is 0 Å². The molecule has 0 bridgehead atoms. The number of ether oxygens (including phenoxy) is 1. The van der Waals surface area contributed by atoms with E-state index >= 15 is 0 Å². The molecular weight excluding hydrogens is 390 g/mol. The fourth-order valence-corrected chi connectivity index (χ4v) is 3.20. The van der Waals surface area contributed by atoms with Gasteiger partial charge in [-0.3, -0.25) is 4.79 Å². The van der Waals surface area contributed by atoms with Gasteiger partial charge in [-0.1, -0.05) is 29.8 Å². The molecule has 0 saturated carbocycles. The molecule has 0 radical (unpaired) electrons. The molecule has 0 saturated heterocycles. The molecule has 126 valence electrons. The van der Waals surface area contributed by atoms with Crippen molar-refractivity contribution in [2.24, 2.45) is 0 Å². The minimum absolute atomic E-state index is 0.323. The zero-order chi connectivity index (χ0) is 17.5. The van der Waals surface area contributed by atoms with Crippen molar-refractivity contribution in [1.29, 1.82) is 0 Å². The van der Waals surface area contributed by atoms with Gasteiger partial charge >= 0.3 is 5.97 Å². The molecule has 0 aliphatic heterocycles. The summed E-state index contributed by atoms with van der Waals surface area (Å²) < 4.78 is 6.09. The Morgan fingerprint density at radius 1 is 1.25 bits per heavy atom. The second-order valence-electron chi connectivity index (χ2n) is 5.26. The summed E-state index contributed by atoms with van der Waals surface area (Å²) in [5, 5.41) is 2.76. The maximum atomic E-state index is 12.0. The highest BCUT2D eigenvalue weighted by Crippen LogP contribution is 2.22. The van der Waals surface area contributed by atoms with Crippen molar-refractivity contribution in [2.45, 2.75) is 26.5 Å². The van der Waals surface area contributed by atoms with Crippen LogP contribution < -0.4 is 5.32 Å². The van der Waals surface area contributed by atoms with Crippen molar-refractivity contribution < 1.29 is 14.3 Å². The van der Waals surface area contributed by atoms with E-state index in [2.05, 4.69) is 21.2 Å². The Morgan fingerprint density at radius 3 is 2.58 bits per heavy atom. The Hall–Kier alpha value is -1.92. The van der Waals surface area contributed by atoms with E-state index in [1.54, 1.807) is 13.0 Å². The molecular formula is C18H18BrNO3S. The second kappa shape index (κ2) is 8.80. The monoisotopic (exact) mass is 407 g/mol. The van der Waals surface area contributed by atoms with Crippen LogP contribution in [0, 0.1) is 6.92 Å². The molecule has 1 heterocycles. The lowest BCUT2D eigenvalue weighted by Gasteiger charge is -2.12. The molecule has 2 aromatic rings. The quantitative estimate of drug-likeness (QED) is 0.579. The summed E-state index contributed by atoms with van der Waals surface area (Å²) in [6, 6.07) is 11.7. The first kappa shape index (κ1) is 18.4. The van der Waals surface area contributed by atoms with E-state index in [0.717, 1.165) is 19.8 Å². The topological polar surface area (TPSA) is 55.4 Å². The average molecular weight is 408 g/mol. The van der Waals surface area contributed by atoms with Crippen LogP contribution in [0.2, 0.25) is 0 Å². The molecule has 1 N–H and O–H groups in total. The van der Waals surface area contributed by atoms with Gasteiger partial charge in [0.05, 0.1) is 3.79 Å². The SMILES string of the molecule is Cc1ccc(CNC(=O)[C@H](C)OC(=O)/C=C/c2ccc(Br)s2)cc1. The highest BCUT2D eigenvalue weighted by Gasteiger charge is 2.16. The van der Waals surface area contributed by atoms with Crippen LogP contribution in [0.25, 0.3) is 6.08 Å². The lowest BCUT2D eigenvalue weighted by molar-refractivity contribution is -0.150. The Bertz CT molecular complexity index is 737. The summed E-state index contributed by atoms with van der Waals surface area (Å²) in [6.45, 7) is 3.96. The number of hydrogen-bond acceptors (Lipinski definition) is 4. The number of hydrogen-bond donors (Lipinski definition) is 1. The van der Waals surface area contributed by atoms with E-state index in [9.17, 15) is 9.59 Å². The van der Waals surface area contributed by atoms with Gasteiger partial charge in [0.2, 0.25) is 0 Å². The fraction of sp³-hybridized carbons (Fsp3) is 0.222. The van der Waals surface area contributed by atoms with Crippen LogP contribution in [0.5, 0.6) is 0 Å². The molecule has 1 aromatic heterocycles. The Kier molecular flexibility index (Phi) is 6.75. The summed E-state index contributed by atoms with van der Waals surface area (Å²) in [5.41, 5.74) is 2.16. The highest BCUT2D eigenvalue weighted by molar-refractivity contribution is 9.11. The number of nitrogens with one attached hydrogen (secondary N) is 1. The van der Waals surface area contributed by atoms with Crippen molar-refractivity contribution in [3.05, 3.63) is 62.3 Å². The minimum Gasteiger partial charge on any atom is -0.449 e. The van der Waals surface area contributed by atoms with Gasteiger partial charge in [0.25, 0.3) is 5.91 Å². The summed E-state index contributed by atoms with van der Waals surface area (Å²) >= 11 is 4.86. The molecule has 1 amide bonds. The van der Waals surface area contributed by atoms with Crippen molar-refractivity contribution in [2.75, 3.05) is 0 Å². The first-order chi connectivity index (χ1) is 11.4. The number of benzene rings is 1. The molecule has 4 nitrogen and oxygen atoms in total. The van der Waals surface area contributed by atoms with E-state index in [-0.39, 0.29) is 5.91 Å². The standard InChI is InChI=1S/C18H18BrNO3S/c1-12-3-5-14(6-4-12)11-20-18(22)13(2)23-17(21)10-8-15-7-9-16(19)24-15/h3-10,13H,11H2,1-2H3,(H,20,22)/b10-8+/t13-/m0/s1. The van der Waals surface area contributed by atoms with Gasteiger partial charge in [-0.15, -0.1) is 11.3 Å². The zero-order valence-corrected chi connectivity index (χ0v) is 15.8. The van der Waals surface area contributed by atoms with Crippen LogP contribution in [0.4, 0.5) is 0 Å². The van der Waals surface area contributed by atoms with Gasteiger partial charge in [0.15, 0.2) is 6.10 Å². The number of carbonyl (C=O) groups is 2. The maximum absolute atomic E-state index is 12.0. The summed E-state index contributed by atoms with van der Waals surface area (Å²) in [4.78, 5) is 24.7. The van der Waals surface area contributed by atoms with Gasteiger partial charge in [0, 0.05) is 17.5 Å². The molecule has 2 rings (SSSR count). The number of amides is 1. The Balaban J connectivity index is 1.79. The number of aryl methyl sites for hydroxylation is 1. The molecule has 1 aromatic carbocycles. The van der Waals surface area contributed by atoms with E-state index in [1.807, 2.05) is 43.3 Å². The van der Waals surface area contributed by atoms with E-state index < -0.39 is 12.1 Å². The van der Waals surface area contributed by atoms with Crippen molar-refractivity contribution in [1.82, 2.24) is 5.32 Å². The summed E-state index contributed by atoms with van der Waals surface area (Å²) in [5.74, 6) is -0.867. The summed E-state index contributed by atoms with van der Waals surface area (Å²) in [7, 11) is 0. The van der Waals surface area contributed by atoms with E-state index in [1.165, 1.54) is 17.4 Å². The molecule has 0 unspecified atom stereocenters. The number of thiophene rings is 1. The number of halogens is 1. The van der Waals surface area contributed by atoms with Gasteiger partial charge in [0.1, 0.15) is 0 Å². The zero-order valence-electron chi connectivity index (χ0n) is 13.4. The molecule has 6 heteroatoms. The van der Waals surface area contributed by atoms with Crippen molar-refractivity contribution >= 4 is 45.2 Å². The molecule has 0 aliphatic rings. The van der Waals surface area contributed by atoms with Gasteiger partial charge in [-0.05, 0) is 53.5 Å². The van der Waals surface area contributed by atoms with Gasteiger partial charge < -0.3 is 10.1 Å². The summed E-state index contributed by atoms with van der Waals surface area (Å²) in [6.07, 6.45) is 2.14. The largest absolute Gasteiger partial charge is 0.449 e. The Labute approximate surface area is 153 Å². The normalized spacial score (nSPS) is 12.1. The number of carbonyl (C=O) groups excluding carboxylic acids is 2. The lowest BCUT2D eigenvalue weighted by Crippen LogP contribution is -2.35.